The zero-order chi connectivity index (χ0) is 14.8. The van der Waals surface area contributed by atoms with E-state index >= 15 is 0 Å². The molecule has 0 aliphatic heterocycles. The van der Waals surface area contributed by atoms with Crippen molar-refractivity contribution in [3.05, 3.63) is 48.0 Å². The lowest BCUT2D eigenvalue weighted by Gasteiger charge is -2.01. The summed E-state index contributed by atoms with van der Waals surface area (Å²) < 4.78 is 3.71. The maximum Gasteiger partial charge on any atom is 0.181 e. The van der Waals surface area contributed by atoms with Crippen LogP contribution in [0.3, 0.4) is 0 Å². The molecule has 0 atom stereocenters. The monoisotopic (exact) mass is 282 g/mol. The van der Waals surface area contributed by atoms with Gasteiger partial charge in [0.2, 0.25) is 0 Å². The minimum atomic E-state index is 0.658. The van der Waals surface area contributed by atoms with Crippen molar-refractivity contribution in [2.24, 2.45) is 7.05 Å². The van der Waals surface area contributed by atoms with Gasteiger partial charge in [-0.25, -0.2) is 9.67 Å². The standard InChI is InChI=1S/C15H18N6/c1-3-13-8-14(20(2)18-13)9-21-10-17-15(19-21)11-4-6-12(16)7-5-11/h4-8,10H,3,9,16H2,1-2H3. The van der Waals surface area contributed by atoms with Crippen molar-refractivity contribution in [1.82, 2.24) is 24.5 Å². The van der Waals surface area contributed by atoms with E-state index in [2.05, 4.69) is 28.2 Å². The van der Waals surface area contributed by atoms with Crippen molar-refractivity contribution in [3.8, 4) is 11.4 Å². The highest BCUT2D eigenvalue weighted by molar-refractivity contribution is 5.57. The highest BCUT2D eigenvalue weighted by Gasteiger charge is 2.08. The van der Waals surface area contributed by atoms with Gasteiger partial charge in [-0.15, -0.1) is 0 Å². The Hall–Kier alpha value is -2.63. The van der Waals surface area contributed by atoms with Gasteiger partial charge in [-0.1, -0.05) is 6.92 Å². The summed E-state index contributed by atoms with van der Waals surface area (Å²) in [5.74, 6) is 0.702. The molecular weight excluding hydrogens is 264 g/mol. The summed E-state index contributed by atoms with van der Waals surface area (Å²) in [6, 6.07) is 9.66. The van der Waals surface area contributed by atoms with Gasteiger partial charge < -0.3 is 5.73 Å². The average molecular weight is 282 g/mol. The van der Waals surface area contributed by atoms with Crippen LogP contribution in [0.15, 0.2) is 36.7 Å². The van der Waals surface area contributed by atoms with Gasteiger partial charge in [0.1, 0.15) is 6.33 Å². The first-order chi connectivity index (χ1) is 10.2. The molecule has 0 amide bonds. The average Bonchev–Trinajstić information content (AvgIpc) is 3.08. The predicted octanol–water partition coefficient (Wildman–Crippen LogP) is 1.87. The fourth-order valence-corrected chi connectivity index (χ4v) is 2.19. The van der Waals surface area contributed by atoms with Gasteiger partial charge in [-0.3, -0.25) is 4.68 Å². The first-order valence-electron chi connectivity index (χ1n) is 6.93. The summed E-state index contributed by atoms with van der Waals surface area (Å²) in [7, 11) is 1.95. The molecule has 0 aliphatic rings. The topological polar surface area (TPSA) is 74.6 Å². The number of aryl methyl sites for hydroxylation is 2. The van der Waals surface area contributed by atoms with Crippen LogP contribution < -0.4 is 5.73 Å². The van der Waals surface area contributed by atoms with Crippen LogP contribution in [0.4, 0.5) is 5.69 Å². The highest BCUT2D eigenvalue weighted by Crippen LogP contribution is 2.16. The molecule has 2 heterocycles. The fraction of sp³-hybridized carbons (Fsp3) is 0.267. The third kappa shape index (κ3) is 2.79. The molecule has 0 saturated carbocycles. The molecule has 2 aromatic heterocycles. The van der Waals surface area contributed by atoms with Crippen LogP contribution in [0.25, 0.3) is 11.4 Å². The molecule has 21 heavy (non-hydrogen) atoms. The zero-order valence-corrected chi connectivity index (χ0v) is 12.2. The lowest BCUT2D eigenvalue weighted by atomic mass is 10.2. The Morgan fingerprint density at radius 1 is 1.14 bits per heavy atom. The van der Waals surface area contributed by atoms with Crippen molar-refractivity contribution < 1.29 is 0 Å². The molecular formula is C15H18N6. The van der Waals surface area contributed by atoms with E-state index in [1.165, 1.54) is 0 Å². The highest BCUT2D eigenvalue weighted by atomic mass is 15.3. The number of rotatable bonds is 4. The summed E-state index contributed by atoms with van der Waals surface area (Å²) in [6.07, 6.45) is 2.67. The smallest absolute Gasteiger partial charge is 0.181 e. The van der Waals surface area contributed by atoms with Gasteiger partial charge in [0.05, 0.1) is 17.9 Å². The molecule has 6 nitrogen and oxygen atoms in total. The van der Waals surface area contributed by atoms with E-state index in [1.54, 1.807) is 6.33 Å². The number of nitrogens with zero attached hydrogens (tertiary/aromatic N) is 5. The molecule has 0 radical (unpaired) electrons. The number of hydrogen-bond donors (Lipinski definition) is 1. The molecule has 3 aromatic rings. The van der Waals surface area contributed by atoms with Crippen LogP contribution in [0, 0.1) is 0 Å². The van der Waals surface area contributed by atoms with Gasteiger partial charge >= 0.3 is 0 Å². The predicted molar refractivity (Wildman–Crippen MR) is 81.6 cm³/mol. The largest absolute Gasteiger partial charge is 0.399 e. The molecule has 0 spiro atoms. The number of benzene rings is 1. The minimum Gasteiger partial charge on any atom is -0.399 e. The second kappa shape index (κ2) is 5.40. The number of nitrogen functional groups attached to an aromatic ring is 1. The van der Waals surface area contributed by atoms with E-state index in [0.717, 1.165) is 29.1 Å². The van der Waals surface area contributed by atoms with Crippen molar-refractivity contribution in [3.63, 3.8) is 0 Å². The normalized spacial score (nSPS) is 11.0. The van der Waals surface area contributed by atoms with E-state index in [0.29, 0.717) is 12.4 Å². The number of anilines is 1. The molecule has 0 unspecified atom stereocenters. The van der Waals surface area contributed by atoms with Crippen molar-refractivity contribution in [2.75, 3.05) is 5.73 Å². The second-order valence-corrected chi connectivity index (χ2v) is 4.99. The van der Waals surface area contributed by atoms with E-state index in [1.807, 2.05) is 40.7 Å². The molecule has 6 heteroatoms. The molecule has 0 bridgehead atoms. The van der Waals surface area contributed by atoms with Crippen LogP contribution in [0.2, 0.25) is 0 Å². The van der Waals surface area contributed by atoms with Gasteiger partial charge in [0.15, 0.2) is 5.82 Å². The van der Waals surface area contributed by atoms with Crippen LogP contribution in [-0.2, 0) is 20.0 Å². The fourth-order valence-electron chi connectivity index (χ4n) is 2.19. The maximum absolute atomic E-state index is 5.69. The van der Waals surface area contributed by atoms with E-state index < -0.39 is 0 Å². The molecule has 3 rings (SSSR count). The van der Waals surface area contributed by atoms with Gasteiger partial charge in [-0.2, -0.15) is 10.2 Å². The Labute approximate surface area is 123 Å². The van der Waals surface area contributed by atoms with Crippen LogP contribution in [-0.4, -0.2) is 24.5 Å². The Morgan fingerprint density at radius 3 is 2.57 bits per heavy atom. The third-order valence-corrected chi connectivity index (χ3v) is 3.42. The zero-order valence-electron chi connectivity index (χ0n) is 12.2. The van der Waals surface area contributed by atoms with Crippen molar-refractivity contribution in [2.45, 2.75) is 19.9 Å². The van der Waals surface area contributed by atoms with Gasteiger partial charge in [0.25, 0.3) is 0 Å². The summed E-state index contributed by atoms with van der Waals surface area (Å²) in [5.41, 5.74) is 9.59. The summed E-state index contributed by atoms with van der Waals surface area (Å²) in [5, 5.41) is 8.95. The Kier molecular flexibility index (Phi) is 3.43. The quantitative estimate of drug-likeness (QED) is 0.741. The Balaban J connectivity index is 1.81. The SMILES string of the molecule is CCc1cc(Cn2cnc(-c3ccc(N)cc3)n2)n(C)n1. The molecule has 0 saturated heterocycles. The summed E-state index contributed by atoms with van der Waals surface area (Å²) in [6.45, 7) is 2.76. The first-order valence-corrected chi connectivity index (χ1v) is 6.93. The van der Waals surface area contributed by atoms with Crippen LogP contribution in [0.1, 0.15) is 18.3 Å². The first kappa shape index (κ1) is 13.4. The molecule has 1 aromatic carbocycles. The van der Waals surface area contributed by atoms with Gasteiger partial charge in [0, 0.05) is 18.3 Å². The molecule has 108 valence electrons. The van der Waals surface area contributed by atoms with Gasteiger partial charge in [-0.05, 0) is 36.8 Å². The van der Waals surface area contributed by atoms with E-state index in [-0.39, 0.29) is 0 Å². The summed E-state index contributed by atoms with van der Waals surface area (Å²) >= 11 is 0. The lowest BCUT2D eigenvalue weighted by molar-refractivity contribution is 0.617. The summed E-state index contributed by atoms with van der Waals surface area (Å²) in [4.78, 5) is 4.35. The minimum absolute atomic E-state index is 0.658. The maximum atomic E-state index is 5.69. The second-order valence-electron chi connectivity index (χ2n) is 4.99. The lowest BCUT2D eigenvalue weighted by Crippen LogP contribution is -2.06. The molecule has 0 fully saturated rings. The van der Waals surface area contributed by atoms with E-state index in [9.17, 15) is 0 Å². The Bertz CT molecular complexity index is 738. The van der Waals surface area contributed by atoms with Crippen molar-refractivity contribution >= 4 is 5.69 Å². The number of aromatic nitrogens is 5. The van der Waals surface area contributed by atoms with Crippen LogP contribution in [0.5, 0.6) is 0 Å². The molecule has 0 aliphatic carbocycles. The van der Waals surface area contributed by atoms with E-state index in [4.69, 9.17) is 5.73 Å². The Morgan fingerprint density at radius 2 is 1.90 bits per heavy atom. The number of hydrogen-bond acceptors (Lipinski definition) is 4. The van der Waals surface area contributed by atoms with Crippen molar-refractivity contribution in [1.29, 1.82) is 0 Å². The number of nitrogens with two attached hydrogens (primary N) is 1. The third-order valence-electron chi connectivity index (χ3n) is 3.42. The molecule has 2 N–H and O–H groups in total. The van der Waals surface area contributed by atoms with Crippen LogP contribution >= 0.6 is 0 Å².